The molecule has 0 amide bonds. The summed E-state index contributed by atoms with van der Waals surface area (Å²) in [5.74, 6) is -0.148. The summed E-state index contributed by atoms with van der Waals surface area (Å²) in [4.78, 5) is 15.3. The van der Waals surface area contributed by atoms with Gasteiger partial charge in [-0.2, -0.15) is 0 Å². The summed E-state index contributed by atoms with van der Waals surface area (Å²) in [5, 5.41) is 2.52. The van der Waals surface area contributed by atoms with Gasteiger partial charge in [0.05, 0.1) is 12.8 Å². The zero-order valence-electron chi connectivity index (χ0n) is 10.1. The Balaban J connectivity index is 2.28. The number of ketones is 1. The first-order valence-corrected chi connectivity index (χ1v) is 6.26. The van der Waals surface area contributed by atoms with Crippen LogP contribution < -0.4 is 4.74 Å². The van der Waals surface area contributed by atoms with Gasteiger partial charge in [0.25, 0.3) is 0 Å². The first kappa shape index (κ1) is 12.7. The molecular weight excluding hydrogens is 253 g/mol. The van der Waals surface area contributed by atoms with E-state index in [1.807, 2.05) is 5.38 Å². The van der Waals surface area contributed by atoms with E-state index in [2.05, 4.69) is 4.98 Å². The van der Waals surface area contributed by atoms with Crippen molar-refractivity contribution in [1.82, 2.24) is 4.98 Å². The van der Waals surface area contributed by atoms with Crippen molar-refractivity contribution in [2.75, 3.05) is 7.11 Å². The van der Waals surface area contributed by atoms with Crippen LogP contribution in [0.1, 0.15) is 12.6 Å². The van der Waals surface area contributed by atoms with E-state index < -0.39 is 5.82 Å². The number of nitrogens with zero attached hydrogens (tertiary/aromatic N) is 1. The maximum Gasteiger partial charge on any atom is 0.165 e. The lowest BCUT2D eigenvalue weighted by Crippen LogP contribution is -1.96. The molecule has 18 heavy (non-hydrogen) atoms. The van der Waals surface area contributed by atoms with E-state index in [-0.39, 0.29) is 11.5 Å². The Morgan fingerprint density at radius 2 is 2.28 bits per heavy atom. The number of hydrogen-bond acceptors (Lipinski definition) is 4. The van der Waals surface area contributed by atoms with Crippen LogP contribution in [0.4, 0.5) is 4.39 Å². The third-order valence-corrected chi connectivity index (χ3v) is 3.32. The molecule has 0 aliphatic heterocycles. The van der Waals surface area contributed by atoms with E-state index >= 15 is 0 Å². The Morgan fingerprint density at radius 1 is 1.50 bits per heavy atom. The van der Waals surface area contributed by atoms with Crippen LogP contribution in [-0.4, -0.2) is 17.9 Å². The molecule has 1 aromatic heterocycles. The van der Waals surface area contributed by atoms with Crippen molar-refractivity contribution < 1.29 is 13.9 Å². The number of carbonyl (C=O) groups excluding carboxylic acids is 1. The molecule has 1 aromatic carbocycles. The van der Waals surface area contributed by atoms with E-state index in [4.69, 9.17) is 4.74 Å². The Bertz CT molecular complexity index is 580. The largest absolute Gasteiger partial charge is 0.494 e. The molecule has 0 aliphatic rings. The number of carbonyl (C=O) groups is 1. The summed E-state index contributed by atoms with van der Waals surface area (Å²) in [5.41, 5.74) is 1.41. The van der Waals surface area contributed by atoms with E-state index in [0.29, 0.717) is 17.0 Å². The van der Waals surface area contributed by atoms with Crippen LogP contribution in [0, 0.1) is 5.82 Å². The Labute approximate surface area is 108 Å². The Hall–Kier alpha value is -1.75. The molecule has 0 bridgehead atoms. The average Bonchev–Trinajstić information content (AvgIpc) is 2.76. The number of thiazole rings is 1. The summed E-state index contributed by atoms with van der Waals surface area (Å²) >= 11 is 1.40. The van der Waals surface area contributed by atoms with Gasteiger partial charge in [-0.15, -0.1) is 11.3 Å². The highest BCUT2D eigenvalue weighted by Gasteiger charge is 2.09. The van der Waals surface area contributed by atoms with Gasteiger partial charge in [-0.1, -0.05) is 0 Å². The minimum atomic E-state index is -0.418. The fourth-order valence-electron chi connectivity index (χ4n) is 1.58. The highest BCUT2D eigenvalue weighted by molar-refractivity contribution is 7.13. The van der Waals surface area contributed by atoms with Crippen molar-refractivity contribution in [1.29, 1.82) is 0 Å². The number of rotatable bonds is 4. The molecule has 0 saturated carbocycles. The van der Waals surface area contributed by atoms with Gasteiger partial charge in [-0.25, -0.2) is 9.37 Å². The normalized spacial score (nSPS) is 10.4. The number of ether oxygens (including phenoxy) is 1. The van der Waals surface area contributed by atoms with Crippen molar-refractivity contribution in [3.8, 4) is 16.3 Å². The molecule has 0 saturated heterocycles. The lowest BCUT2D eigenvalue weighted by atomic mass is 10.2. The molecule has 2 rings (SSSR count). The van der Waals surface area contributed by atoms with Crippen LogP contribution in [0.5, 0.6) is 5.75 Å². The lowest BCUT2D eigenvalue weighted by Gasteiger charge is -2.02. The van der Waals surface area contributed by atoms with Crippen LogP contribution in [0.3, 0.4) is 0 Å². The fraction of sp³-hybridized carbons (Fsp3) is 0.231. The second-order valence-corrected chi connectivity index (χ2v) is 4.73. The molecular formula is C13H12FNO2S. The standard InChI is InChI=1S/C13H12FNO2S/c1-8(16)5-10-7-18-13(15-10)9-3-4-12(17-2)11(14)6-9/h3-4,6-7H,5H2,1-2H3. The van der Waals surface area contributed by atoms with E-state index in [1.165, 1.54) is 31.4 Å². The number of methoxy groups -OCH3 is 1. The number of halogens is 1. The summed E-state index contributed by atoms with van der Waals surface area (Å²) in [6.07, 6.45) is 0.315. The van der Waals surface area contributed by atoms with Crippen LogP contribution in [0.15, 0.2) is 23.6 Å². The number of hydrogen-bond donors (Lipinski definition) is 0. The summed E-state index contributed by atoms with van der Waals surface area (Å²) in [7, 11) is 1.42. The van der Waals surface area contributed by atoms with Gasteiger partial charge in [0, 0.05) is 17.4 Å². The molecule has 0 atom stereocenters. The quantitative estimate of drug-likeness (QED) is 0.852. The number of aromatic nitrogens is 1. The Morgan fingerprint density at radius 3 is 2.89 bits per heavy atom. The highest BCUT2D eigenvalue weighted by Crippen LogP contribution is 2.28. The predicted octanol–water partition coefficient (Wildman–Crippen LogP) is 3.09. The predicted molar refractivity (Wildman–Crippen MR) is 68.4 cm³/mol. The molecule has 3 nitrogen and oxygen atoms in total. The van der Waals surface area contributed by atoms with E-state index in [1.54, 1.807) is 12.1 Å². The second-order valence-electron chi connectivity index (χ2n) is 3.87. The second kappa shape index (κ2) is 5.27. The number of benzene rings is 1. The molecule has 0 aliphatic carbocycles. The number of Topliss-reactive ketones (excluding diaryl/α,β-unsaturated/α-hetero) is 1. The third kappa shape index (κ3) is 2.73. The molecule has 94 valence electrons. The average molecular weight is 265 g/mol. The molecule has 0 spiro atoms. The zero-order valence-corrected chi connectivity index (χ0v) is 10.9. The molecule has 0 N–H and O–H groups in total. The van der Waals surface area contributed by atoms with Crippen LogP contribution >= 0.6 is 11.3 Å². The van der Waals surface area contributed by atoms with Gasteiger partial charge in [0.2, 0.25) is 0 Å². The van der Waals surface area contributed by atoms with E-state index in [9.17, 15) is 9.18 Å². The Kier molecular flexibility index (Phi) is 3.72. The minimum Gasteiger partial charge on any atom is -0.494 e. The first-order chi connectivity index (χ1) is 8.60. The monoisotopic (exact) mass is 265 g/mol. The maximum absolute atomic E-state index is 13.6. The van der Waals surface area contributed by atoms with Crippen molar-refractivity contribution in [3.05, 3.63) is 35.1 Å². The van der Waals surface area contributed by atoms with Gasteiger partial charge in [-0.05, 0) is 25.1 Å². The lowest BCUT2D eigenvalue weighted by molar-refractivity contribution is -0.116. The molecule has 0 unspecified atom stereocenters. The van der Waals surface area contributed by atoms with Gasteiger partial charge in [-0.3, -0.25) is 4.79 Å². The minimum absolute atomic E-state index is 0.0627. The van der Waals surface area contributed by atoms with Crippen LogP contribution in [0.2, 0.25) is 0 Å². The molecule has 5 heteroatoms. The van der Waals surface area contributed by atoms with Gasteiger partial charge >= 0.3 is 0 Å². The van der Waals surface area contributed by atoms with Crippen molar-refractivity contribution in [2.45, 2.75) is 13.3 Å². The third-order valence-electron chi connectivity index (χ3n) is 2.38. The highest BCUT2D eigenvalue weighted by atomic mass is 32.1. The van der Waals surface area contributed by atoms with Crippen LogP contribution in [-0.2, 0) is 11.2 Å². The molecule has 0 fully saturated rings. The van der Waals surface area contributed by atoms with Gasteiger partial charge in [0.15, 0.2) is 11.6 Å². The van der Waals surface area contributed by atoms with E-state index in [0.717, 1.165) is 5.69 Å². The van der Waals surface area contributed by atoms with Crippen molar-refractivity contribution >= 4 is 17.1 Å². The first-order valence-electron chi connectivity index (χ1n) is 5.38. The molecule has 2 aromatic rings. The topological polar surface area (TPSA) is 39.2 Å². The smallest absolute Gasteiger partial charge is 0.165 e. The fourth-order valence-corrected chi connectivity index (χ4v) is 2.39. The van der Waals surface area contributed by atoms with Gasteiger partial charge in [0.1, 0.15) is 10.8 Å². The SMILES string of the molecule is COc1ccc(-c2nc(CC(C)=O)cs2)cc1F. The van der Waals surface area contributed by atoms with Crippen molar-refractivity contribution in [3.63, 3.8) is 0 Å². The molecule has 0 radical (unpaired) electrons. The van der Waals surface area contributed by atoms with Crippen molar-refractivity contribution in [2.24, 2.45) is 0 Å². The zero-order chi connectivity index (χ0) is 13.1. The molecule has 1 heterocycles. The summed E-state index contributed by atoms with van der Waals surface area (Å²) in [6, 6.07) is 4.70. The van der Waals surface area contributed by atoms with Gasteiger partial charge < -0.3 is 4.74 Å². The van der Waals surface area contributed by atoms with Crippen LogP contribution in [0.25, 0.3) is 10.6 Å². The maximum atomic E-state index is 13.6. The summed E-state index contributed by atoms with van der Waals surface area (Å²) in [6.45, 7) is 1.52. The summed E-state index contributed by atoms with van der Waals surface area (Å²) < 4.78 is 18.4.